The van der Waals surface area contributed by atoms with E-state index < -0.39 is 0 Å². The summed E-state index contributed by atoms with van der Waals surface area (Å²) in [5, 5.41) is 8.40. The molecule has 1 unspecified atom stereocenters. The van der Waals surface area contributed by atoms with Gasteiger partial charge in [-0.25, -0.2) is 9.97 Å². The van der Waals surface area contributed by atoms with E-state index in [9.17, 15) is 0 Å². The van der Waals surface area contributed by atoms with Crippen LogP contribution in [0.25, 0.3) is 28.2 Å². The molecule has 5 heterocycles. The van der Waals surface area contributed by atoms with E-state index in [1.807, 2.05) is 41.2 Å². The van der Waals surface area contributed by atoms with Gasteiger partial charge in [0.1, 0.15) is 18.1 Å². The predicted molar refractivity (Wildman–Crippen MR) is 107 cm³/mol. The lowest BCUT2D eigenvalue weighted by atomic mass is 10.0. The Labute approximate surface area is 166 Å². The zero-order valence-corrected chi connectivity index (χ0v) is 15.5. The third-order valence-electron chi connectivity index (χ3n) is 5.43. The number of hydrogen-bond donors (Lipinski definition) is 0. The third-order valence-corrected chi connectivity index (χ3v) is 5.43. The number of rotatable bonds is 2. The third kappa shape index (κ3) is 2.53. The van der Waals surface area contributed by atoms with E-state index in [0.717, 1.165) is 40.6 Å². The van der Waals surface area contributed by atoms with Crippen LogP contribution in [0.1, 0.15) is 11.9 Å². The van der Waals surface area contributed by atoms with Crippen LogP contribution in [0.3, 0.4) is 0 Å². The van der Waals surface area contributed by atoms with Crippen LogP contribution in [0.5, 0.6) is 0 Å². The quantitative estimate of drug-likeness (QED) is 0.526. The highest BCUT2D eigenvalue weighted by Gasteiger charge is 2.36. The molecule has 1 saturated heterocycles. The predicted octanol–water partition coefficient (Wildman–Crippen LogP) is 2.68. The fourth-order valence-electron chi connectivity index (χ4n) is 4.04. The van der Waals surface area contributed by atoms with Crippen LogP contribution in [-0.2, 0) is 4.74 Å². The number of nitrogens with zero attached hydrogens (tertiary/aromatic N) is 7. The average Bonchev–Trinajstić information content (AvgIpc) is 3.30. The number of hydrogen-bond acceptors (Lipinski definition) is 7. The fourth-order valence-corrected chi connectivity index (χ4v) is 4.04. The molecule has 3 aromatic heterocycles. The van der Waals surface area contributed by atoms with Crippen molar-refractivity contribution < 1.29 is 4.74 Å². The lowest BCUT2D eigenvalue weighted by Gasteiger charge is -2.39. The van der Waals surface area contributed by atoms with E-state index in [2.05, 4.69) is 32.2 Å². The van der Waals surface area contributed by atoms with Crippen molar-refractivity contribution in [3.63, 3.8) is 0 Å². The van der Waals surface area contributed by atoms with Gasteiger partial charge in [0.15, 0.2) is 17.5 Å². The Hall–Kier alpha value is -3.65. The molecular weight excluding hydrogens is 366 g/mol. The van der Waals surface area contributed by atoms with E-state index in [4.69, 9.17) is 14.7 Å². The van der Waals surface area contributed by atoms with Gasteiger partial charge in [-0.2, -0.15) is 0 Å². The molecule has 0 radical (unpaired) electrons. The fraction of sp³-hybridized carbons (Fsp3) is 0.190. The van der Waals surface area contributed by atoms with Gasteiger partial charge in [-0.1, -0.05) is 30.3 Å². The number of fused-ring (bicyclic) bond motifs is 6. The molecular formula is C21H17N7O. The summed E-state index contributed by atoms with van der Waals surface area (Å²) >= 11 is 0. The minimum absolute atomic E-state index is 0.00698. The Balaban J connectivity index is 1.52. The lowest BCUT2D eigenvalue weighted by molar-refractivity contribution is 0.0894. The van der Waals surface area contributed by atoms with Crippen molar-refractivity contribution in [3.05, 3.63) is 67.1 Å². The van der Waals surface area contributed by atoms with Crippen molar-refractivity contribution in [2.45, 2.75) is 6.04 Å². The zero-order chi connectivity index (χ0) is 19.2. The van der Waals surface area contributed by atoms with Gasteiger partial charge in [0.05, 0.1) is 19.4 Å². The van der Waals surface area contributed by atoms with Gasteiger partial charge >= 0.3 is 0 Å². The average molecular weight is 383 g/mol. The number of anilines is 1. The molecule has 2 aliphatic rings. The molecule has 6 rings (SSSR count). The normalized spacial score (nSPS) is 17.4. The first-order valence-electron chi connectivity index (χ1n) is 9.51. The first-order valence-corrected chi connectivity index (χ1v) is 9.51. The molecule has 142 valence electrons. The summed E-state index contributed by atoms with van der Waals surface area (Å²) in [6.45, 7) is 1.98. The number of ether oxygens (including phenoxy) is 1. The van der Waals surface area contributed by atoms with Gasteiger partial charge in [-0.15, -0.1) is 10.2 Å². The molecule has 0 saturated carbocycles. The summed E-state index contributed by atoms with van der Waals surface area (Å²) in [7, 11) is 0. The van der Waals surface area contributed by atoms with Crippen molar-refractivity contribution in [2.24, 2.45) is 0 Å². The second-order valence-corrected chi connectivity index (χ2v) is 7.03. The Morgan fingerprint density at radius 3 is 2.90 bits per heavy atom. The lowest BCUT2D eigenvalue weighted by Crippen LogP contribution is -2.44. The number of pyridine rings is 1. The number of benzene rings is 1. The largest absolute Gasteiger partial charge is 0.377 e. The van der Waals surface area contributed by atoms with Crippen LogP contribution in [-0.4, -0.2) is 49.5 Å². The molecule has 8 heteroatoms. The molecule has 0 amide bonds. The Morgan fingerprint density at radius 1 is 1.03 bits per heavy atom. The van der Waals surface area contributed by atoms with E-state index >= 15 is 0 Å². The summed E-state index contributed by atoms with van der Waals surface area (Å²) < 4.78 is 7.66. The second kappa shape index (κ2) is 6.46. The van der Waals surface area contributed by atoms with E-state index in [1.54, 1.807) is 12.5 Å². The maximum Gasteiger partial charge on any atom is 0.162 e. The summed E-state index contributed by atoms with van der Waals surface area (Å²) in [4.78, 5) is 16.2. The van der Waals surface area contributed by atoms with Crippen LogP contribution >= 0.6 is 0 Å². The topological polar surface area (TPSA) is 81.8 Å². The highest BCUT2D eigenvalue weighted by molar-refractivity contribution is 5.80. The van der Waals surface area contributed by atoms with Crippen molar-refractivity contribution in [1.82, 2.24) is 29.7 Å². The van der Waals surface area contributed by atoms with E-state index in [1.165, 1.54) is 0 Å². The van der Waals surface area contributed by atoms with Crippen LogP contribution in [0.4, 0.5) is 5.82 Å². The van der Waals surface area contributed by atoms with Gasteiger partial charge in [0, 0.05) is 30.1 Å². The molecule has 4 aromatic rings. The number of morpholine rings is 1. The van der Waals surface area contributed by atoms with Crippen molar-refractivity contribution in [3.8, 4) is 28.2 Å². The SMILES string of the molecule is c1ccc(-c2cnccc2-c2ncc3c(n2)N2CCOCC2c2nncn2-3)cc1. The highest BCUT2D eigenvalue weighted by atomic mass is 16.5. The standard InChI is InChI=1S/C21H17N7O/c1-2-4-14(5-3-1)16-10-22-7-6-15(16)19-23-11-17-20(25-19)27-8-9-29-12-18(27)21-26-24-13-28(17)21/h1-7,10-11,13,18H,8-9,12H2. The first-order chi connectivity index (χ1) is 14.4. The Bertz CT molecular complexity index is 1190. The Morgan fingerprint density at radius 2 is 1.97 bits per heavy atom. The van der Waals surface area contributed by atoms with Crippen LogP contribution in [0, 0.1) is 0 Å². The van der Waals surface area contributed by atoms with Crippen molar-refractivity contribution >= 4 is 5.82 Å². The highest BCUT2D eigenvalue weighted by Crippen LogP contribution is 2.39. The number of aromatic nitrogens is 6. The molecule has 0 bridgehead atoms. The summed E-state index contributed by atoms with van der Waals surface area (Å²) in [5.74, 6) is 2.42. The van der Waals surface area contributed by atoms with Crippen molar-refractivity contribution in [1.29, 1.82) is 0 Å². The van der Waals surface area contributed by atoms with Gasteiger partial charge in [-0.05, 0) is 11.6 Å². The van der Waals surface area contributed by atoms with Gasteiger partial charge in [0.2, 0.25) is 0 Å². The van der Waals surface area contributed by atoms with Crippen LogP contribution in [0.2, 0.25) is 0 Å². The summed E-state index contributed by atoms with van der Waals surface area (Å²) in [6, 6.07) is 12.2. The minimum Gasteiger partial charge on any atom is -0.377 e. The summed E-state index contributed by atoms with van der Waals surface area (Å²) in [5.41, 5.74) is 3.94. The van der Waals surface area contributed by atoms with Gasteiger partial charge in [-0.3, -0.25) is 9.55 Å². The first kappa shape index (κ1) is 16.3. The molecule has 8 nitrogen and oxygen atoms in total. The van der Waals surface area contributed by atoms with Crippen molar-refractivity contribution in [2.75, 3.05) is 24.7 Å². The molecule has 1 fully saturated rings. The molecule has 29 heavy (non-hydrogen) atoms. The van der Waals surface area contributed by atoms with Gasteiger partial charge < -0.3 is 9.64 Å². The molecule has 0 spiro atoms. The second-order valence-electron chi connectivity index (χ2n) is 7.03. The monoisotopic (exact) mass is 383 g/mol. The minimum atomic E-state index is 0.00698. The maximum absolute atomic E-state index is 5.70. The summed E-state index contributed by atoms with van der Waals surface area (Å²) in [6.07, 6.45) is 7.21. The van der Waals surface area contributed by atoms with E-state index in [0.29, 0.717) is 19.0 Å². The Kier molecular flexibility index (Phi) is 3.63. The van der Waals surface area contributed by atoms with Gasteiger partial charge in [0.25, 0.3) is 0 Å². The smallest absolute Gasteiger partial charge is 0.162 e. The van der Waals surface area contributed by atoms with Crippen LogP contribution < -0.4 is 4.90 Å². The molecule has 1 aromatic carbocycles. The maximum atomic E-state index is 5.70. The molecule has 1 atom stereocenters. The van der Waals surface area contributed by atoms with E-state index in [-0.39, 0.29) is 6.04 Å². The van der Waals surface area contributed by atoms with Crippen LogP contribution in [0.15, 0.2) is 61.3 Å². The molecule has 2 aliphatic heterocycles. The molecule has 0 aliphatic carbocycles. The molecule has 0 N–H and O–H groups in total. The zero-order valence-electron chi connectivity index (χ0n) is 15.5.